The van der Waals surface area contributed by atoms with Crippen molar-refractivity contribution in [1.82, 2.24) is 0 Å². The molecule has 0 heterocycles. The van der Waals surface area contributed by atoms with Crippen LogP contribution in [0, 0.1) is 12.8 Å². The average molecular weight is 288 g/mol. The van der Waals surface area contributed by atoms with E-state index in [1.807, 2.05) is 12.1 Å². The van der Waals surface area contributed by atoms with E-state index in [9.17, 15) is 4.79 Å². The third-order valence-electron chi connectivity index (χ3n) is 4.77. The van der Waals surface area contributed by atoms with Gasteiger partial charge in [-0.2, -0.15) is 0 Å². The quantitative estimate of drug-likeness (QED) is 0.804. The first-order valence-electron chi connectivity index (χ1n) is 8.20. The number of hydrogen-bond acceptors (Lipinski definition) is 2. The highest BCUT2D eigenvalue weighted by Crippen LogP contribution is 2.35. The van der Waals surface area contributed by atoms with E-state index < -0.39 is 5.54 Å². The molecule has 1 aliphatic carbocycles. The van der Waals surface area contributed by atoms with E-state index in [1.54, 1.807) is 0 Å². The van der Waals surface area contributed by atoms with Crippen molar-refractivity contribution in [3.05, 3.63) is 29.8 Å². The predicted octanol–water partition coefficient (Wildman–Crippen LogP) is 4.01. The smallest absolute Gasteiger partial charge is 0.243 e. The molecule has 1 saturated carbocycles. The van der Waals surface area contributed by atoms with Crippen molar-refractivity contribution in [3.63, 3.8) is 0 Å². The molecule has 3 heteroatoms. The molecular formula is C18H28N2O. The first kappa shape index (κ1) is 15.9. The average Bonchev–Trinajstić information content (AvgIpc) is 2.63. The minimum Gasteiger partial charge on any atom is -0.371 e. The molecule has 116 valence electrons. The third kappa shape index (κ3) is 3.99. The molecule has 2 unspecified atom stereocenters. The maximum atomic E-state index is 12.1. The van der Waals surface area contributed by atoms with E-state index in [2.05, 4.69) is 31.3 Å². The van der Waals surface area contributed by atoms with Crippen molar-refractivity contribution in [3.8, 4) is 0 Å². The van der Waals surface area contributed by atoms with Crippen LogP contribution >= 0.6 is 0 Å². The molecule has 2 rings (SSSR count). The Morgan fingerprint density at radius 3 is 2.86 bits per heavy atom. The van der Waals surface area contributed by atoms with Crippen LogP contribution in [0.1, 0.15) is 57.4 Å². The van der Waals surface area contributed by atoms with Crippen molar-refractivity contribution in [2.45, 2.75) is 64.3 Å². The monoisotopic (exact) mass is 288 g/mol. The molecule has 21 heavy (non-hydrogen) atoms. The fourth-order valence-corrected chi connectivity index (χ4v) is 3.54. The molecule has 0 saturated heterocycles. The van der Waals surface area contributed by atoms with E-state index in [0.29, 0.717) is 0 Å². The molecule has 1 aliphatic rings. The Bertz CT molecular complexity index is 486. The van der Waals surface area contributed by atoms with Gasteiger partial charge in [-0.1, -0.05) is 44.7 Å². The highest BCUT2D eigenvalue weighted by Gasteiger charge is 2.38. The molecule has 3 nitrogen and oxygen atoms in total. The van der Waals surface area contributed by atoms with Gasteiger partial charge < -0.3 is 11.1 Å². The van der Waals surface area contributed by atoms with Crippen LogP contribution in [0.25, 0.3) is 0 Å². The third-order valence-corrected chi connectivity index (χ3v) is 4.77. The lowest BCUT2D eigenvalue weighted by Crippen LogP contribution is -2.50. The molecule has 1 aromatic rings. The van der Waals surface area contributed by atoms with Crippen LogP contribution in [0.4, 0.5) is 5.69 Å². The number of amides is 1. The Balaban J connectivity index is 2.15. The van der Waals surface area contributed by atoms with Gasteiger partial charge in [0.15, 0.2) is 0 Å². The molecule has 2 atom stereocenters. The van der Waals surface area contributed by atoms with Crippen molar-refractivity contribution in [1.29, 1.82) is 0 Å². The molecule has 0 aromatic heterocycles. The van der Waals surface area contributed by atoms with Crippen molar-refractivity contribution < 1.29 is 4.79 Å². The molecular weight excluding hydrogens is 260 g/mol. The second-order valence-corrected chi connectivity index (χ2v) is 6.53. The van der Waals surface area contributed by atoms with E-state index >= 15 is 0 Å². The van der Waals surface area contributed by atoms with Crippen LogP contribution in [-0.2, 0) is 4.79 Å². The number of nitrogens with two attached hydrogens (primary N) is 1. The summed E-state index contributed by atoms with van der Waals surface area (Å²) in [6, 6.07) is 8.18. The van der Waals surface area contributed by atoms with Gasteiger partial charge in [-0.25, -0.2) is 0 Å². The van der Waals surface area contributed by atoms with Crippen LogP contribution in [0.5, 0.6) is 0 Å². The van der Waals surface area contributed by atoms with Gasteiger partial charge in [0.2, 0.25) is 5.91 Å². The first-order chi connectivity index (χ1) is 10.1. The van der Waals surface area contributed by atoms with Crippen molar-refractivity contribution in [2.75, 3.05) is 5.32 Å². The largest absolute Gasteiger partial charge is 0.371 e. The Hall–Kier alpha value is -1.51. The number of carbonyl (C=O) groups is 1. The highest BCUT2D eigenvalue weighted by molar-refractivity contribution is 5.88. The molecule has 1 amide bonds. The standard InChI is InChI=1S/C18H28N2O/c1-3-6-15-8-5-11-18(12-10-15,17(19)21)20-16-9-4-7-14(2)13-16/h4,7,9,13,15,20H,3,5-6,8,10-12H2,1-2H3,(H2,19,21). The lowest BCUT2D eigenvalue weighted by Gasteiger charge is -2.32. The number of carbonyl (C=O) groups excluding carboxylic acids is 1. The van der Waals surface area contributed by atoms with Crippen molar-refractivity contribution >= 4 is 11.6 Å². The molecule has 1 aromatic carbocycles. The summed E-state index contributed by atoms with van der Waals surface area (Å²) in [5.74, 6) is 0.539. The molecule has 3 N–H and O–H groups in total. The number of hydrogen-bond donors (Lipinski definition) is 2. The number of benzene rings is 1. The summed E-state index contributed by atoms with van der Waals surface area (Å²) in [6.45, 7) is 4.30. The predicted molar refractivity (Wildman–Crippen MR) is 88.2 cm³/mol. The SMILES string of the molecule is CCCC1CCCC(Nc2cccc(C)c2)(C(N)=O)CC1. The lowest BCUT2D eigenvalue weighted by molar-refractivity contribution is -0.122. The van der Waals surface area contributed by atoms with E-state index in [-0.39, 0.29) is 5.91 Å². The second kappa shape index (κ2) is 6.97. The number of primary amides is 1. The Morgan fingerprint density at radius 1 is 1.38 bits per heavy atom. The number of nitrogens with one attached hydrogen (secondary N) is 1. The zero-order valence-corrected chi connectivity index (χ0v) is 13.3. The Labute approximate surface area is 128 Å². The number of anilines is 1. The van der Waals surface area contributed by atoms with Gasteiger partial charge in [-0.05, 0) is 49.8 Å². The summed E-state index contributed by atoms with van der Waals surface area (Å²) in [4.78, 5) is 12.1. The summed E-state index contributed by atoms with van der Waals surface area (Å²) in [5, 5.41) is 3.46. The van der Waals surface area contributed by atoms with E-state index in [4.69, 9.17) is 5.73 Å². The van der Waals surface area contributed by atoms with Crippen LogP contribution in [-0.4, -0.2) is 11.4 Å². The normalized spacial score (nSPS) is 26.1. The first-order valence-corrected chi connectivity index (χ1v) is 8.20. The molecule has 0 spiro atoms. The van der Waals surface area contributed by atoms with Crippen LogP contribution in [0.2, 0.25) is 0 Å². The maximum absolute atomic E-state index is 12.1. The maximum Gasteiger partial charge on any atom is 0.243 e. The molecule has 0 radical (unpaired) electrons. The summed E-state index contributed by atoms with van der Waals surface area (Å²) in [5.41, 5.74) is 7.40. The summed E-state index contributed by atoms with van der Waals surface area (Å²) >= 11 is 0. The summed E-state index contributed by atoms with van der Waals surface area (Å²) in [6.07, 6.45) is 7.57. The zero-order valence-electron chi connectivity index (χ0n) is 13.3. The number of aryl methyl sites for hydroxylation is 1. The van der Waals surface area contributed by atoms with Gasteiger partial charge in [-0.3, -0.25) is 4.79 Å². The van der Waals surface area contributed by atoms with Gasteiger partial charge >= 0.3 is 0 Å². The van der Waals surface area contributed by atoms with E-state index in [0.717, 1.165) is 37.3 Å². The topological polar surface area (TPSA) is 55.1 Å². The zero-order chi connectivity index (χ0) is 15.3. The van der Waals surface area contributed by atoms with Gasteiger partial charge in [0, 0.05) is 5.69 Å². The van der Waals surface area contributed by atoms with Crippen LogP contribution < -0.4 is 11.1 Å². The van der Waals surface area contributed by atoms with Gasteiger partial charge in [0.05, 0.1) is 0 Å². The minimum atomic E-state index is -0.573. The minimum absolute atomic E-state index is 0.207. The Morgan fingerprint density at radius 2 is 2.19 bits per heavy atom. The summed E-state index contributed by atoms with van der Waals surface area (Å²) < 4.78 is 0. The fourth-order valence-electron chi connectivity index (χ4n) is 3.54. The Kier molecular flexibility index (Phi) is 5.27. The molecule has 1 fully saturated rings. The molecule has 0 bridgehead atoms. The highest BCUT2D eigenvalue weighted by atomic mass is 16.1. The number of rotatable bonds is 5. The fraction of sp³-hybridized carbons (Fsp3) is 0.611. The van der Waals surface area contributed by atoms with Crippen LogP contribution in [0.15, 0.2) is 24.3 Å². The van der Waals surface area contributed by atoms with E-state index in [1.165, 1.54) is 24.8 Å². The lowest BCUT2D eigenvalue weighted by atomic mass is 9.87. The van der Waals surface area contributed by atoms with Gasteiger partial charge in [0.1, 0.15) is 5.54 Å². The van der Waals surface area contributed by atoms with Crippen molar-refractivity contribution in [2.24, 2.45) is 11.7 Å². The summed E-state index contributed by atoms with van der Waals surface area (Å²) in [7, 11) is 0. The second-order valence-electron chi connectivity index (χ2n) is 6.53. The van der Waals surface area contributed by atoms with Crippen LogP contribution in [0.3, 0.4) is 0 Å². The molecule has 0 aliphatic heterocycles. The van der Waals surface area contributed by atoms with Gasteiger partial charge in [0.25, 0.3) is 0 Å². The van der Waals surface area contributed by atoms with Gasteiger partial charge in [-0.15, -0.1) is 0 Å².